The van der Waals surface area contributed by atoms with Gasteiger partial charge in [-0.1, -0.05) is 39.0 Å². The third-order valence-electron chi connectivity index (χ3n) is 10.2. The Morgan fingerprint density at radius 3 is 2.08 bits per heavy atom. The van der Waals surface area contributed by atoms with Gasteiger partial charge in [-0.2, -0.15) is 4.89 Å². The number of para-hydroxylation sites is 1. The largest absolute Gasteiger partial charge is 0.544 e. The molecule has 8 rings (SSSR count). The van der Waals surface area contributed by atoms with Gasteiger partial charge in [-0.25, -0.2) is 9.88 Å². The summed E-state index contributed by atoms with van der Waals surface area (Å²) in [7, 11) is -1.91. The lowest BCUT2D eigenvalue weighted by Gasteiger charge is -2.68. The summed E-state index contributed by atoms with van der Waals surface area (Å²) in [5.41, 5.74) is 0.707. The molecule has 2 heterocycles. The van der Waals surface area contributed by atoms with Crippen molar-refractivity contribution in [2.45, 2.75) is 82.3 Å². The SMILES string of the molecule is CC(C)(C)[Si](C)(C)Oc1ccc(C2=NC3(OOC34C3CC5CC(C3)CC4C5)c3ccccc3O2)cc1. The second-order valence-electron chi connectivity index (χ2n) is 13.3. The van der Waals surface area contributed by atoms with Crippen molar-refractivity contribution in [1.29, 1.82) is 0 Å². The van der Waals surface area contributed by atoms with Crippen molar-refractivity contribution in [3.8, 4) is 11.5 Å². The number of hydrogen-bond acceptors (Lipinski definition) is 5. The maximum Gasteiger partial charge on any atom is 0.257 e. The standard InChI is InChI=1S/C30H37NO4Si/c1-28(2,3)36(4,5)33-24-12-10-21(11-13-24)27-31-30(25-8-6-7-9-26(25)32-27)29(34-35-30)22-15-19-14-20(17-22)18-23(29)16-19/h6-13,19-20,22-23H,14-18H2,1-5H3. The van der Waals surface area contributed by atoms with E-state index in [1.165, 1.54) is 32.1 Å². The van der Waals surface area contributed by atoms with Crippen LogP contribution >= 0.6 is 0 Å². The molecule has 5 nitrogen and oxygen atoms in total. The molecule has 4 saturated carbocycles. The second-order valence-corrected chi connectivity index (χ2v) is 18.0. The Kier molecular flexibility index (Phi) is 4.76. The molecule has 0 aromatic heterocycles. The molecular weight excluding hydrogens is 466 g/mol. The van der Waals surface area contributed by atoms with Crippen LogP contribution in [0.5, 0.6) is 11.5 Å². The molecule has 36 heavy (non-hydrogen) atoms. The zero-order valence-corrected chi connectivity index (χ0v) is 23.0. The molecule has 4 aliphatic carbocycles. The molecule has 1 unspecified atom stereocenters. The first-order valence-electron chi connectivity index (χ1n) is 13.6. The smallest absolute Gasteiger partial charge is 0.257 e. The Morgan fingerprint density at radius 2 is 1.50 bits per heavy atom. The van der Waals surface area contributed by atoms with Gasteiger partial charge in [0.05, 0.1) is 5.56 Å². The van der Waals surface area contributed by atoms with Gasteiger partial charge in [0.2, 0.25) is 14.2 Å². The Hall–Kier alpha value is -2.15. The molecule has 6 aliphatic rings. The van der Waals surface area contributed by atoms with Crippen LogP contribution in [0, 0.1) is 23.7 Å². The summed E-state index contributed by atoms with van der Waals surface area (Å²) in [6, 6.07) is 16.4. The molecule has 2 aromatic rings. The highest BCUT2D eigenvalue weighted by Crippen LogP contribution is 2.70. The predicted molar refractivity (Wildman–Crippen MR) is 141 cm³/mol. The van der Waals surface area contributed by atoms with Crippen molar-refractivity contribution in [2.24, 2.45) is 28.7 Å². The number of hydrogen-bond donors (Lipinski definition) is 0. The van der Waals surface area contributed by atoms with E-state index in [0.717, 1.165) is 34.5 Å². The molecule has 2 spiro atoms. The fourth-order valence-electron chi connectivity index (χ4n) is 7.55. The lowest BCUT2D eigenvalue weighted by atomic mass is 9.46. The third kappa shape index (κ3) is 3.04. The highest BCUT2D eigenvalue weighted by atomic mass is 28.4. The Morgan fingerprint density at radius 1 is 0.861 bits per heavy atom. The van der Waals surface area contributed by atoms with Gasteiger partial charge >= 0.3 is 0 Å². The van der Waals surface area contributed by atoms with Gasteiger partial charge < -0.3 is 9.16 Å². The molecule has 2 aliphatic heterocycles. The molecule has 0 N–H and O–H groups in total. The number of fused-ring (bicyclic) bond motifs is 2. The minimum Gasteiger partial charge on any atom is -0.544 e. The zero-order valence-electron chi connectivity index (χ0n) is 22.0. The van der Waals surface area contributed by atoms with Crippen LogP contribution < -0.4 is 9.16 Å². The van der Waals surface area contributed by atoms with Gasteiger partial charge in [-0.15, -0.1) is 0 Å². The van der Waals surface area contributed by atoms with Gasteiger partial charge in [-0.3, -0.25) is 0 Å². The molecule has 1 saturated heterocycles. The summed E-state index contributed by atoms with van der Waals surface area (Å²) in [5, 5.41) is 0.146. The minimum absolute atomic E-state index is 0.146. The summed E-state index contributed by atoms with van der Waals surface area (Å²) in [5.74, 6) is 4.97. The average Bonchev–Trinajstić information content (AvgIpc) is 2.82. The Balaban J connectivity index is 1.27. The molecular formula is C30H37NO4Si. The van der Waals surface area contributed by atoms with Crippen LogP contribution in [0.15, 0.2) is 53.5 Å². The molecule has 190 valence electrons. The van der Waals surface area contributed by atoms with E-state index in [2.05, 4.69) is 58.1 Å². The first kappa shape index (κ1) is 23.0. The van der Waals surface area contributed by atoms with Crippen molar-refractivity contribution < 1.29 is 18.9 Å². The molecule has 6 heteroatoms. The van der Waals surface area contributed by atoms with E-state index in [-0.39, 0.29) is 5.04 Å². The molecule has 0 radical (unpaired) electrons. The van der Waals surface area contributed by atoms with Crippen LogP contribution in [0.1, 0.15) is 64.0 Å². The van der Waals surface area contributed by atoms with E-state index >= 15 is 0 Å². The van der Waals surface area contributed by atoms with Gasteiger partial charge in [-0.05, 0) is 104 Å². The monoisotopic (exact) mass is 503 g/mol. The van der Waals surface area contributed by atoms with Crippen molar-refractivity contribution in [1.82, 2.24) is 0 Å². The van der Waals surface area contributed by atoms with Crippen molar-refractivity contribution >= 4 is 14.2 Å². The quantitative estimate of drug-likeness (QED) is 0.328. The highest BCUT2D eigenvalue weighted by molar-refractivity contribution is 6.74. The molecule has 5 fully saturated rings. The Bertz CT molecular complexity index is 1200. The summed E-state index contributed by atoms with van der Waals surface area (Å²) >= 11 is 0. The molecule has 0 amide bonds. The van der Waals surface area contributed by atoms with E-state index in [4.69, 9.17) is 23.9 Å². The predicted octanol–water partition coefficient (Wildman–Crippen LogP) is 7.22. The first-order chi connectivity index (χ1) is 17.1. The number of nitrogens with zero attached hydrogens (tertiary/aromatic N) is 1. The van der Waals surface area contributed by atoms with E-state index in [1.54, 1.807) is 0 Å². The van der Waals surface area contributed by atoms with Crippen molar-refractivity contribution in [3.63, 3.8) is 0 Å². The summed E-state index contributed by atoms with van der Waals surface area (Å²) in [6.45, 7) is 11.3. The minimum atomic E-state index is -1.91. The molecule has 2 aromatic carbocycles. The maximum atomic E-state index is 6.51. The lowest BCUT2D eigenvalue weighted by Crippen LogP contribution is -2.75. The molecule has 1 atom stereocenters. The molecule has 4 bridgehead atoms. The van der Waals surface area contributed by atoms with Gasteiger partial charge in [0.1, 0.15) is 11.5 Å². The van der Waals surface area contributed by atoms with Crippen molar-refractivity contribution in [3.05, 3.63) is 59.7 Å². The third-order valence-corrected chi connectivity index (χ3v) is 14.5. The van der Waals surface area contributed by atoms with Crippen LogP contribution in [0.25, 0.3) is 0 Å². The normalized spacial score (nSPS) is 36.3. The van der Waals surface area contributed by atoms with E-state index in [9.17, 15) is 0 Å². The van der Waals surface area contributed by atoms with Crippen molar-refractivity contribution in [2.75, 3.05) is 0 Å². The van der Waals surface area contributed by atoms with Crippen LogP contribution in [0.2, 0.25) is 18.1 Å². The summed E-state index contributed by atoms with van der Waals surface area (Å²) in [4.78, 5) is 17.7. The summed E-state index contributed by atoms with van der Waals surface area (Å²) < 4.78 is 12.9. The Labute approximate surface area is 215 Å². The average molecular weight is 504 g/mol. The van der Waals surface area contributed by atoms with E-state index in [1.807, 2.05) is 24.3 Å². The number of rotatable bonds is 3. The zero-order chi connectivity index (χ0) is 24.9. The van der Waals surface area contributed by atoms with Crippen LogP contribution in [0.3, 0.4) is 0 Å². The van der Waals surface area contributed by atoms with Gasteiger partial charge in [0.25, 0.3) is 5.72 Å². The number of ether oxygens (including phenoxy) is 1. The summed E-state index contributed by atoms with van der Waals surface area (Å²) in [6.07, 6.45) is 6.31. The number of benzene rings is 2. The van der Waals surface area contributed by atoms with E-state index in [0.29, 0.717) is 17.7 Å². The second kappa shape index (κ2) is 7.46. The van der Waals surface area contributed by atoms with Crippen LogP contribution in [-0.2, 0) is 15.5 Å². The van der Waals surface area contributed by atoms with Gasteiger partial charge in [0, 0.05) is 5.56 Å². The van der Waals surface area contributed by atoms with E-state index < -0.39 is 19.6 Å². The van der Waals surface area contributed by atoms with Crippen LogP contribution in [0.4, 0.5) is 0 Å². The topological polar surface area (TPSA) is 49.3 Å². The fraction of sp³-hybridized carbons (Fsp3) is 0.567. The maximum absolute atomic E-state index is 6.51. The van der Waals surface area contributed by atoms with Gasteiger partial charge in [0.15, 0.2) is 5.60 Å². The first-order valence-corrected chi connectivity index (χ1v) is 16.6. The van der Waals surface area contributed by atoms with Crippen LogP contribution in [-0.4, -0.2) is 19.8 Å². The fourth-order valence-corrected chi connectivity index (χ4v) is 8.59. The highest BCUT2D eigenvalue weighted by Gasteiger charge is 2.77. The lowest BCUT2D eigenvalue weighted by molar-refractivity contribution is -0.593. The number of aliphatic imine (C=N–C) groups is 1.